The average Bonchev–Trinajstić information content (AvgIpc) is 2.01. The predicted molar refractivity (Wildman–Crippen MR) is 48.9 cm³/mol. The Morgan fingerprint density at radius 1 is 1.71 bits per heavy atom. The summed E-state index contributed by atoms with van der Waals surface area (Å²) in [6.45, 7) is -0.119. The Bertz CT molecular complexity index is 387. The zero-order chi connectivity index (χ0) is 10.6. The van der Waals surface area contributed by atoms with Crippen LogP contribution in [0.1, 0.15) is 5.69 Å². The number of nitrogens with two attached hydrogens (primary N) is 1. The molecule has 0 bridgehead atoms. The topological polar surface area (TPSA) is 121 Å². The summed E-state index contributed by atoms with van der Waals surface area (Å²) in [6, 6.07) is 0.428. The Kier molecular flexibility index (Phi) is 3.19. The molecule has 0 fully saturated rings. The fraction of sp³-hybridized carbons (Fsp3) is 0.286. The second-order valence-electron chi connectivity index (χ2n) is 2.55. The molecule has 1 rings (SSSR count). The highest BCUT2D eigenvalue weighted by molar-refractivity contribution is 5.85. The summed E-state index contributed by atoms with van der Waals surface area (Å²) in [5, 5.41) is 10.8. The van der Waals surface area contributed by atoms with Crippen LogP contribution >= 0.6 is 0 Å². The standard InChI is InChI=1S/C7H10N4O3/c8-6(14)11-7-9-4(1-2-12)3-5(13)10-7/h3,12H,1-2H2,(H4,8,9,10,11,13,14). The highest BCUT2D eigenvalue weighted by Gasteiger charge is 2.02. The van der Waals surface area contributed by atoms with Crippen molar-refractivity contribution >= 4 is 12.0 Å². The molecule has 7 nitrogen and oxygen atoms in total. The van der Waals surface area contributed by atoms with Crippen LogP contribution in [-0.2, 0) is 6.42 Å². The summed E-state index contributed by atoms with van der Waals surface area (Å²) in [6.07, 6.45) is 0.247. The number of aliphatic hydroxyl groups is 1. The van der Waals surface area contributed by atoms with Crippen LogP contribution in [0, 0.1) is 0 Å². The van der Waals surface area contributed by atoms with Crippen molar-refractivity contribution in [3.8, 4) is 0 Å². The molecule has 1 aromatic heterocycles. The van der Waals surface area contributed by atoms with Crippen LogP contribution in [0.5, 0.6) is 0 Å². The number of aromatic nitrogens is 2. The van der Waals surface area contributed by atoms with E-state index in [2.05, 4.69) is 15.3 Å². The molecule has 0 radical (unpaired) electrons. The molecule has 76 valence electrons. The van der Waals surface area contributed by atoms with Gasteiger partial charge >= 0.3 is 6.03 Å². The third-order valence-electron chi connectivity index (χ3n) is 1.40. The molecule has 0 aliphatic rings. The number of hydrogen-bond acceptors (Lipinski definition) is 4. The lowest BCUT2D eigenvalue weighted by molar-refractivity contribution is 0.259. The summed E-state index contributed by atoms with van der Waals surface area (Å²) in [7, 11) is 0. The van der Waals surface area contributed by atoms with Gasteiger partial charge in [0.2, 0.25) is 5.95 Å². The van der Waals surface area contributed by atoms with Crippen molar-refractivity contribution in [2.75, 3.05) is 11.9 Å². The minimum absolute atomic E-state index is 0.0200. The molecule has 0 saturated carbocycles. The van der Waals surface area contributed by atoms with Crippen LogP contribution < -0.4 is 16.6 Å². The van der Waals surface area contributed by atoms with Gasteiger partial charge in [-0.3, -0.25) is 15.1 Å². The van der Waals surface area contributed by atoms with E-state index in [4.69, 9.17) is 10.8 Å². The SMILES string of the molecule is NC(=O)Nc1nc(CCO)cc(=O)[nH]1. The van der Waals surface area contributed by atoms with E-state index < -0.39 is 11.6 Å². The van der Waals surface area contributed by atoms with Gasteiger partial charge in [-0.15, -0.1) is 0 Å². The normalized spacial score (nSPS) is 9.79. The van der Waals surface area contributed by atoms with Crippen molar-refractivity contribution in [1.82, 2.24) is 9.97 Å². The van der Waals surface area contributed by atoms with Crippen molar-refractivity contribution < 1.29 is 9.90 Å². The molecule has 0 atom stereocenters. The molecule has 0 saturated heterocycles. The van der Waals surface area contributed by atoms with Crippen LogP contribution in [0.2, 0.25) is 0 Å². The van der Waals surface area contributed by atoms with Crippen LogP contribution in [-0.4, -0.2) is 27.7 Å². The van der Waals surface area contributed by atoms with Crippen molar-refractivity contribution in [1.29, 1.82) is 0 Å². The maximum atomic E-state index is 11.0. The summed E-state index contributed by atoms with van der Waals surface area (Å²) >= 11 is 0. The van der Waals surface area contributed by atoms with E-state index in [0.29, 0.717) is 5.69 Å². The van der Waals surface area contributed by atoms with Crippen molar-refractivity contribution in [3.63, 3.8) is 0 Å². The molecular formula is C7H10N4O3. The lowest BCUT2D eigenvalue weighted by Crippen LogP contribution is -2.23. The number of nitrogens with one attached hydrogen (secondary N) is 2. The maximum absolute atomic E-state index is 11.0. The number of anilines is 1. The number of carbonyl (C=O) groups is 1. The zero-order valence-electron chi connectivity index (χ0n) is 7.28. The van der Waals surface area contributed by atoms with Crippen LogP contribution in [0.4, 0.5) is 10.7 Å². The van der Waals surface area contributed by atoms with E-state index in [9.17, 15) is 9.59 Å². The smallest absolute Gasteiger partial charge is 0.318 e. The van der Waals surface area contributed by atoms with Gasteiger partial charge in [0, 0.05) is 19.1 Å². The van der Waals surface area contributed by atoms with Gasteiger partial charge in [-0.25, -0.2) is 9.78 Å². The number of aliphatic hydroxyl groups excluding tert-OH is 1. The number of rotatable bonds is 3. The van der Waals surface area contributed by atoms with Crippen LogP contribution in [0.3, 0.4) is 0 Å². The Labute approximate surface area is 79.0 Å². The summed E-state index contributed by atoms with van der Waals surface area (Å²) < 4.78 is 0. The molecule has 0 unspecified atom stereocenters. The Morgan fingerprint density at radius 2 is 2.43 bits per heavy atom. The van der Waals surface area contributed by atoms with Gasteiger partial charge < -0.3 is 10.8 Å². The number of hydrogen-bond donors (Lipinski definition) is 4. The highest BCUT2D eigenvalue weighted by atomic mass is 16.3. The Balaban J connectivity index is 2.94. The third-order valence-corrected chi connectivity index (χ3v) is 1.40. The fourth-order valence-corrected chi connectivity index (χ4v) is 0.926. The van der Waals surface area contributed by atoms with Gasteiger partial charge in [-0.05, 0) is 0 Å². The van der Waals surface area contributed by atoms with Crippen molar-refractivity contribution in [2.45, 2.75) is 6.42 Å². The average molecular weight is 198 g/mol. The molecule has 1 heterocycles. The van der Waals surface area contributed by atoms with Crippen molar-refractivity contribution in [3.05, 3.63) is 22.1 Å². The lowest BCUT2D eigenvalue weighted by atomic mass is 10.3. The van der Waals surface area contributed by atoms with Crippen molar-refractivity contribution in [2.24, 2.45) is 5.73 Å². The van der Waals surface area contributed by atoms with E-state index in [0.717, 1.165) is 0 Å². The van der Waals surface area contributed by atoms with Crippen LogP contribution in [0.25, 0.3) is 0 Å². The zero-order valence-corrected chi connectivity index (χ0v) is 7.28. The first-order valence-corrected chi connectivity index (χ1v) is 3.89. The molecule has 0 aliphatic heterocycles. The monoisotopic (exact) mass is 198 g/mol. The second kappa shape index (κ2) is 4.38. The Hall–Kier alpha value is -1.89. The van der Waals surface area contributed by atoms with Gasteiger partial charge in [-0.2, -0.15) is 0 Å². The second-order valence-corrected chi connectivity index (χ2v) is 2.55. The molecule has 0 spiro atoms. The first kappa shape index (κ1) is 10.2. The number of H-pyrrole nitrogens is 1. The van der Waals surface area contributed by atoms with Gasteiger partial charge in [0.15, 0.2) is 0 Å². The molecule has 7 heteroatoms. The largest absolute Gasteiger partial charge is 0.396 e. The minimum atomic E-state index is -0.811. The molecule has 5 N–H and O–H groups in total. The van der Waals surface area contributed by atoms with Gasteiger partial charge in [0.25, 0.3) is 5.56 Å². The summed E-state index contributed by atoms with van der Waals surface area (Å²) in [4.78, 5) is 27.6. The number of carbonyl (C=O) groups excluding carboxylic acids is 1. The van der Waals surface area contributed by atoms with Gasteiger partial charge in [-0.1, -0.05) is 0 Å². The predicted octanol–water partition coefficient (Wildman–Crippen LogP) is -1.20. The molecular weight excluding hydrogens is 188 g/mol. The maximum Gasteiger partial charge on any atom is 0.318 e. The lowest BCUT2D eigenvalue weighted by Gasteiger charge is -2.02. The number of primary amides is 1. The van der Waals surface area contributed by atoms with E-state index >= 15 is 0 Å². The van der Waals surface area contributed by atoms with Gasteiger partial charge in [0.05, 0.1) is 5.69 Å². The molecule has 2 amide bonds. The van der Waals surface area contributed by atoms with E-state index in [1.807, 2.05) is 0 Å². The van der Waals surface area contributed by atoms with E-state index in [1.165, 1.54) is 6.07 Å². The first-order valence-electron chi connectivity index (χ1n) is 3.89. The molecule has 14 heavy (non-hydrogen) atoms. The fourth-order valence-electron chi connectivity index (χ4n) is 0.926. The molecule has 0 aromatic carbocycles. The van der Waals surface area contributed by atoms with Gasteiger partial charge in [0.1, 0.15) is 0 Å². The number of nitrogens with zero attached hydrogens (tertiary/aromatic N) is 1. The molecule has 1 aromatic rings. The summed E-state index contributed by atoms with van der Waals surface area (Å²) in [5.41, 5.74) is 4.82. The number of urea groups is 1. The third kappa shape index (κ3) is 2.87. The number of amides is 2. The van der Waals surface area contributed by atoms with E-state index in [1.54, 1.807) is 0 Å². The first-order chi connectivity index (χ1) is 6.61. The number of aromatic amines is 1. The quantitative estimate of drug-likeness (QED) is 0.487. The summed E-state index contributed by atoms with van der Waals surface area (Å²) in [5.74, 6) is -0.0200. The minimum Gasteiger partial charge on any atom is -0.396 e. The molecule has 0 aliphatic carbocycles. The highest BCUT2D eigenvalue weighted by Crippen LogP contribution is 1.97. The van der Waals surface area contributed by atoms with E-state index in [-0.39, 0.29) is 19.0 Å². The van der Waals surface area contributed by atoms with Crippen LogP contribution in [0.15, 0.2) is 10.9 Å². The Morgan fingerprint density at radius 3 is 3.00 bits per heavy atom.